The van der Waals surface area contributed by atoms with Crippen molar-refractivity contribution < 1.29 is 13.2 Å². The second-order valence-corrected chi connectivity index (χ2v) is 8.04. The Morgan fingerprint density at radius 3 is 2.81 bits per heavy atom. The first kappa shape index (κ1) is 15.8. The maximum Gasteiger partial charge on any atom is 0.253 e. The number of nitrogens with zero attached hydrogens (tertiary/aromatic N) is 1. The normalized spacial score (nSPS) is 20.4. The molecule has 0 spiro atoms. The Balaban J connectivity index is 1.98. The summed E-state index contributed by atoms with van der Waals surface area (Å²) >= 11 is 0. The molecule has 2 heterocycles. The first-order chi connectivity index (χ1) is 9.85. The zero-order valence-electron chi connectivity index (χ0n) is 12.3. The molecule has 1 aliphatic rings. The Hall–Kier alpha value is -1.63. The largest absolute Gasteiger partial charge is 0.384 e. The molecule has 21 heavy (non-hydrogen) atoms. The average molecular weight is 311 g/mol. The van der Waals surface area contributed by atoms with Crippen LogP contribution in [0, 0.1) is 5.92 Å². The molecule has 0 aliphatic carbocycles. The molecule has 2 N–H and O–H groups in total. The highest BCUT2D eigenvalue weighted by atomic mass is 32.2. The van der Waals surface area contributed by atoms with E-state index >= 15 is 0 Å². The lowest BCUT2D eigenvalue weighted by molar-refractivity contribution is 0.0941. The average Bonchev–Trinajstić information content (AvgIpc) is 2.76. The lowest BCUT2D eigenvalue weighted by Crippen LogP contribution is -2.35. The van der Waals surface area contributed by atoms with Crippen LogP contribution in [-0.2, 0) is 9.84 Å². The van der Waals surface area contributed by atoms with Gasteiger partial charge in [0.2, 0.25) is 0 Å². The summed E-state index contributed by atoms with van der Waals surface area (Å²) in [6.07, 6.45) is 3.63. The highest BCUT2D eigenvalue weighted by Crippen LogP contribution is 2.13. The molecule has 1 saturated heterocycles. The van der Waals surface area contributed by atoms with Crippen molar-refractivity contribution in [1.29, 1.82) is 0 Å². The van der Waals surface area contributed by atoms with Crippen molar-refractivity contribution in [2.45, 2.75) is 26.3 Å². The highest BCUT2D eigenvalue weighted by Gasteiger charge is 2.29. The van der Waals surface area contributed by atoms with Gasteiger partial charge in [-0.25, -0.2) is 8.42 Å². The summed E-state index contributed by atoms with van der Waals surface area (Å²) in [6, 6.07) is 1.43. The van der Waals surface area contributed by atoms with Crippen LogP contribution in [0.2, 0.25) is 0 Å². The topological polar surface area (TPSA) is 88.2 Å². The van der Waals surface area contributed by atoms with E-state index in [9.17, 15) is 13.2 Å². The van der Waals surface area contributed by atoms with E-state index < -0.39 is 9.84 Å². The Kier molecular flexibility index (Phi) is 4.82. The fraction of sp³-hybridized carbons (Fsp3) is 0.571. The van der Waals surface area contributed by atoms with Crippen molar-refractivity contribution in [3.8, 4) is 0 Å². The zero-order chi connectivity index (χ0) is 15.5. The molecule has 0 saturated carbocycles. The number of carbonyl (C=O) groups is 1. The summed E-state index contributed by atoms with van der Waals surface area (Å²) in [5, 5.41) is 5.96. The monoisotopic (exact) mass is 311 g/mol. The van der Waals surface area contributed by atoms with Crippen LogP contribution < -0.4 is 10.6 Å². The van der Waals surface area contributed by atoms with E-state index in [1.807, 2.05) is 0 Å². The molecule has 6 nitrogen and oxygen atoms in total. The zero-order valence-corrected chi connectivity index (χ0v) is 13.1. The van der Waals surface area contributed by atoms with Crippen LogP contribution >= 0.6 is 0 Å². The third kappa shape index (κ3) is 4.70. The van der Waals surface area contributed by atoms with Gasteiger partial charge in [-0.1, -0.05) is 13.8 Å². The van der Waals surface area contributed by atoms with Crippen molar-refractivity contribution in [2.75, 3.05) is 23.4 Å². The summed E-state index contributed by atoms with van der Waals surface area (Å²) in [5.41, 5.74) is 1.23. The number of hydrogen-bond donors (Lipinski definition) is 2. The molecule has 1 fully saturated rings. The van der Waals surface area contributed by atoms with Gasteiger partial charge >= 0.3 is 0 Å². The van der Waals surface area contributed by atoms with Crippen molar-refractivity contribution in [3.63, 3.8) is 0 Å². The second kappa shape index (κ2) is 6.43. The number of rotatable bonds is 5. The molecule has 7 heteroatoms. The number of carbonyl (C=O) groups excluding carboxylic acids is 1. The number of amides is 1. The Bertz CT molecular complexity index is 614. The van der Waals surface area contributed by atoms with Gasteiger partial charge in [-0.05, 0) is 18.4 Å². The summed E-state index contributed by atoms with van der Waals surface area (Å²) in [6.45, 7) is 4.99. The van der Waals surface area contributed by atoms with Crippen molar-refractivity contribution in [2.24, 2.45) is 5.92 Å². The molecular formula is C14H21N3O3S. The van der Waals surface area contributed by atoms with E-state index in [0.717, 1.165) is 12.2 Å². The van der Waals surface area contributed by atoms with Crippen LogP contribution in [0.1, 0.15) is 30.6 Å². The Morgan fingerprint density at radius 2 is 2.19 bits per heavy atom. The SMILES string of the molecule is CC(C)CNc1cncc(C(=O)NC2CCS(=O)(=O)C2)c1. The van der Waals surface area contributed by atoms with E-state index in [1.165, 1.54) is 6.20 Å². The number of anilines is 1. The first-order valence-corrected chi connectivity index (χ1v) is 8.88. The number of nitrogens with one attached hydrogen (secondary N) is 2. The lowest BCUT2D eigenvalue weighted by atomic mass is 10.2. The third-order valence-corrected chi connectivity index (χ3v) is 5.05. The molecule has 1 unspecified atom stereocenters. The molecule has 116 valence electrons. The van der Waals surface area contributed by atoms with Crippen molar-refractivity contribution in [1.82, 2.24) is 10.3 Å². The molecule has 0 radical (unpaired) electrons. The fourth-order valence-electron chi connectivity index (χ4n) is 2.16. The molecule has 0 bridgehead atoms. The molecule has 1 amide bonds. The van der Waals surface area contributed by atoms with Crippen LogP contribution in [0.3, 0.4) is 0 Å². The quantitative estimate of drug-likeness (QED) is 0.849. The minimum atomic E-state index is -2.99. The second-order valence-electron chi connectivity index (χ2n) is 5.81. The highest BCUT2D eigenvalue weighted by molar-refractivity contribution is 7.91. The van der Waals surface area contributed by atoms with Gasteiger partial charge in [0.05, 0.1) is 22.8 Å². The van der Waals surface area contributed by atoms with Crippen LogP contribution in [0.5, 0.6) is 0 Å². The molecule has 0 aromatic carbocycles. The van der Waals surface area contributed by atoms with Crippen molar-refractivity contribution in [3.05, 3.63) is 24.0 Å². The van der Waals surface area contributed by atoms with Crippen LogP contribution in [-0.4, -0.2) is 43.4 Å². The van der Waals surface area contributed by atoms with Crippen LogP contribution in [0.25, 0.3) is 0 Å². The van der Waals surface area contributed by atoms with E-state index in [2.05, 4.69) is 29.5 Å². The summed E-state index contributed by atoms with van der Waals surface area (Å²) < 4.78 is 22.8. The maximum absolute atomic E-state index is 12.1. The summed E-state index contributed by atoms with van der Waals surface area (Å²) in [5.74, 6) is 0.382. The first-order valence-electron chi connectivity index (χ1n) is 7.06. The predicted octanol–water partition coefficient (Wildman–Crippen LogP) is 1.07. The molecule has 1 atom stereocenters. The molecular weight excluding hydrogens is 290 g/mol. The lowest BCUT2D eigenvalue weighted by Gasteiger charge is -2.12. The molecule has 1 aliphatic heterocycles. The van der Waals surface area contributed by atoms with Crippen LogP contribution in [0.4, 0.5) is 5.69 Å². The molecule has 1 aromatic rings. The van der Waals surface area contributed by atoms with Gasteiger partial charge in [-0.3, -0.25) is 9.78 Å². The van der Waals surface area contributed by atoms with Gasteiger partial charge in [0, 0.05) is 25.0 Å². The van der Waals surface area contributed by atoms with Gasteiger partial charge in [0.1, 0.15) is 0 Å². The van der Waals surface area contributed by atoms with Gasteiger partial charge in [-0.2, -0.15) is 0 Å². The Labute approximate surface area is 125 Å². The number of hydrogen-bond acceptors (Lipinski definition) is 5. The summed E-state index contributed by atoms with van der Waals surface area (Å²) in [4.78, 5) is 16.2. The molecule has 1 aromatic heterocycles. The fourth-order valence-corrected chi connectivity index (χ4v) is 3.83. The third-order valence-electron chi connectivity index (χ3n) is 3.28. The minimum Gasteiger partial charge on any atom is -0.384 e. The predicted molar refractivity (Wildman–Crippen MR) is 82.1 cm³/mol. The number of sulfone groups is 1. The minimum absolute atomic E-state index is 0.0253. The van der Waals surface area contributed by atoms with Gasteiger partial charge < -0.3 is 10.6 Å². The van der Waals surface area contributed by atoms with E-state index in [-0.39, 0.29) is 23.5 Å². The smallest absolute Gasteiger partial charge is 0.253 e. The number of aromatic nitrogens is 1. The summed E-state index contributed by atoms with van der Waals surface area (Å²) in [7, 11) is -2.99. The van der Waals surface area contributed by atoms with Gasteiger partial charge in [0.25, 0.3) is 5.91 Å². The Morgan fingerprint density at radius 1 is 1.43 bits per heavy atom. The van der Waals surface area contributed by atoms with Gasteiger partial charge in [-0.15, -0.1) is 0 Å². The standard InChI is InChI=1S/C14H21N3O3S/c1-10(2)6-16-13-5-11(7-15-8-13)14(18)17-12-3-4-21(19,20)9-12/h5,7-8,10,12,16H,3-4,6,9H2,1-2H3,(H,17,18). The van der Waals surface area contributed by atoms with Crippen molar-refractivity contribution >= 4 is 21.4 Å². The van der Waals surface area contributed by atoms with Crippen LogP contribution in [0.15, 0.2) is 18.5 Å². The number of pyridine rings is 1. The van der Waals surface area contributed by atoms with E-state index in [4.69, 9.17) is 0 Å². The van der Waals surface area contributed by atoms with E-state index in [1.54, 1.807) is 12.3 Å². The maximum atomic E-state index is 12.1. The molecule has 2 rings (SSSR count). The van der Waals surface area contributed by atoms with E-state index in [0.29, 0.717) is 17.9 Å². The van der Waals surface area contributed by atoms with Gasteiger partial charge in [0.15, 0.2) is 9.84 Å².